The van der Waals surface area contributed by atoms with Crippen LogP contribution in [0.2, 0.25) is 0 Å². The van der Waals surface area contributed by atoms with Crippen molar-refractivity contribution in [2.24, 2.45) is 4.99 Å². The lowest BCUT2D eigenvalue weighted by Gasteiger charge is -2.19. The van der Waals surface area contributed by atoms with Crippen LogP contribution in [0.5, 0.6) is 0 Å². The normalized spacial score (nSPS) is 11.1. The standard InChI is InChI=1S/C18H23N7O2/c1-18(2,3)27-17(26)22-13-8-6-12(7-9-13)21-16-14(10-19)15(23-24-16)20-11-25(4)5/h6-9,11H,1-5H3,(H,22,26)(H2,21,23,24). The van der Waals surface area contributed by atoms with E-state index >= 15 is 0 Å². The van der Waals surface area contributed by atoms with Crippen LogP contribution in [0.25, 0.3) is 0 Å². The van der Waals surface area contributed by atoms with Gasteiger partial charge in [0.05, 0.1) is 6.34 Å². The number of carbonyl (C=O) groups excluding carboxylic acids is 1. The molecule has 0 saturated heterocycles. The third-order valence-electron chi connectivity index (χ3n) is 3.07. The number of nitrogens with zero attached hydrogens (tertiary/aromatic N) is 4. The molecule has 27 heavy (non-hydrogen) atoms. The van der Waals surface area contributed by atoms with Gasteiger partial charge in [-0.1, -0.05) is 0 Å². The molecule has 0 aliphatic heterocycles. The summed E-state index contributed by atoms with van der Waals surface area (Å²) in [6, 6.07) is 9.05. The van der Waals surface area contributed by atoms with Gasteiger partial charge in [0, 0.05) is 25.5 Å². The number of rotatable bonds is 5. The van der Waals surface area contributed by atoms with E-state index in [1.54, 1.807) is 56.3 Å². The highest BCUT2D eigenvalue weighted by Crippen LogP contribution is 2.26. The Labute approximate surface area is 158 Å². The highest BCUT2D eigenvalue weighted by Gasteiger charge is 2.16. The summed E-state index contributed by atoms with van der Waals surface area (Å²) in [5.74, 6) is 0.744. The second-order valence-electron chi connectivity index (χ2n) is 6.95. The molecule has 0 spiro atoms. The lowest BCUT2D eigenvalue weighted by molar-refractivity contribution is 0.0636. The lowest BCUT2D eigenvalue weighted by atomic mass is 10.2. The molecule has 142 valence electrons. The van der Waals surface area contributed by atoms with Crippen molar-refractivity contribution in [3.63, 3.8) is 0 Å². The maximum atomic E-state index is 11.8. The first-order valence-electron chi connectivity index (χ1n) is 8.24. The number of hydrogen-bond donors (Lipinski definition) is 3. The average molecular weight is 369 g/mol. The van der Waals surface area contributed by atoms with Crippen LogP contribution >= 0.6 is 0 Å². The third-order valence-corrected chi connectivity index (χ3v) is 3.07. The largest absolute Gasteiger partial charge is 0.444 e. The van der Waals surface area contributed by atoms with E-state index in [2.05, 4.69) is 31.9 Å². The summed E-state index contributed by atoms with van der Waals surface area (Å²) < 4.78 is 5.21. The molecule has 2 rings (SSSR count). The fraction of sp³-hybridized carbons (Fsp3) is 0.333. The predicted molar refractivity (Wildman–Crippen MR) is 105 cm³/mol. The van der Waals surface area contributed by atoms with E-state index in [0.29, 0.717) is 28.6 Å². The molecular weight excluding hydrogens is 346 g/mol. The topological polar surface area (TPSA) is 118 Å². The number of H-pyrrole nitrogens is 1. The molecule has 0 atom stereocenters. The minimum atomic E-state index is -0.563. The second kappa shape index (κ2) is 8.23. The number of aliphatic imine (C=N–C) groups is 1. The number of nitriles is 1. The number of anilines is 3. The monoisotopic (exact) mass is 369 g/mol. The molecule has 0 saturated carbocycles. The Hall–Kier alpha value is -3.54. The van der Waals surface area contributed by atoms with Crippen molar-refractivity contribution in [1.29, 1.82) is 5.26 Å². The van der Waals surface area contributed by atoms with Crippen LogP contribution in [-0.2, 0) is 4.74 Å². The molecule has 0 fully saturated rings. The molecular formula is C18H23N7O2. The fourth-order valence-corrected chi connectivity index (χ4v) is 2.00. The van der Waals surface area contributed by atoms with E-state index in [-0.39, 0.29) is 0 Å². The maximum Gasteiger partial charge on any atom is 0.412 e. The molecule has 1 heterocycles. The van der Waals surface area contributed by atoms with Gasteiger partial charge in [-0.15, -0.1) is 0 Å². The molecule has 1 aromatic heterocycles. The summed E-state index contributed by atoms with van der Waals surface area (Å²) in [5.41, 5.74) is 1.06. The van der Waals surface area contributed by atoms with Crippen LogP contribution in [0.15, 0.2) is 29.3 Å². The van der Waals surface area contributed by atoms with E-state index < -0.39 is 11.7 Å². The van der Waals surface area contributed by atoms with Gasteiger partial charge in [-0.05, 0) is 45.0 Å². The van der Waals surface area contributed by atoms with Crippen molar-refractivity contribution in [1.82, 2.24) is 15.1 Å². The molecule has 0 aliphatic rings. The zero-order valence-corrected chi connectivity index (χ0v) is 16.0. The van der Waals surface area contributed by atoms with E-state index in [0.717, 1.165) is 0 Å². The van der Waals surface area contributed by atoms with E-state index in [1.165, 1.54) is 0 Å². The van der Waals surface area contributed by atoms with Crippen LogP contribution < -0.4 is 10.6 Å². The molecule has 1 amide bonds. The highest BCUT2D eigenvalue weighted by atomic mass is 16.6. The minimum absolute atomic E-state index is 0.303. The first-order chi connectivity index (χ1) is 12.7. The first kappa shape index (κ1) is 19.8. The van der Waals surface area contributed by atoms with Crippen molar-refractivity contribution in [3.8, 4) is 6.07 Å². The molecule has 0 aliphatic carbocycles. The number of carbonyl (C=O) groups is 1. The fourth-order valence-electron chi connectivity index (χ4n) is 2.00. The number of ether oxygens (including phenoxy) is 1. The maximum absolute atomic E-state index is 11.8. The van der Waals surface area contributed by atoms with E-state index in [9.17, 15) is 10.1 Å². The Balaban J connectivity index is 2.07. The summed E-state index contributed by atoms with van der Waals surface area (Å²) in [7, 11) is 3.66. The minimum Gasteiger partial charge on any atom is -0.444 e. The summed E-state index contributed by atoms with van der Waals surface area (Å²) >= 11 is 0. The highest BCUT2D eigenvalue weighted by molar-refractivity contribution is 5.85. The van der Waals surface area contributed by atoms with Gasteiger partial charge in [-0.2, -0.15) is 10.4 Å². The summed E-state index contributed by atoms with van der Waals surface area (Å²) in [4.78, 5) is 17.7. The Morgan fingerprint density at radius 2 is 1.93 bits per heavy atom. The van der Waals surface area contributed by atoms with E-state index in [1.807, 2.05) is 14.1 Å². The SMILES string of the molecule is CN(C)C=Nc1n[nH]c(Nc2ccc(NC(=O)OC(C)(C)C)cc2)c1C#N. The Kier molecular flexibility index (Phi) is 6.03. The van der Waals surface area contributed by atoms with Crippen molar-refractivity contribution in [2.75, 3.05) is 24.7 Å². The zero-order valence-electron chi connectivity index (χ0n) is 16.0. The molecule has 2 aromatic rings. The number of benzene rings is 1. The van der Waals surface area contributed by atoms with Gasteiger partial charge in [-0.3, -0.25) is 10.4 Å². The van der Waals surface area contributed by atoms with Gasteiger partial charge in [0.2, 0.25) is 0 Å². The molecule has 0 unspecified atom stereocenters. The lowest BCUT2D eigenvalue weighted by Crippen LogP contribution is -2.27. The smallest absolute Gasteiger partial charge is 0.412 e. The van der Waals surface area contributed by atoms with Gasteiger partial charge in [-0.25, -0.2) is 9.79 Å². The third kappa shape index (κ3) is 6.04. The molecule has 9 nitrogen and oxygen atoms in total. The zero-order chi connectivity index (χ0) is 20.0. The van der Waals surface area contributed by atoms with E-state index in [4.69, 9.17) is 4.74 Å². The van der Waals surface area contributed by atoms with Crippen LogP contribution in [0.4, 0.5) is 27.8 Å². The van der Waals surface area contributed by atoms with Crippen LogP contribution in [0.1, 0.15) is 26.3 Å². The molecule has 3 N–H and O–H groups in total. The second-order valence-corrected chi connectivity index (χ2v) is 6.95. The summed E-state index contributed by atoms with van der Waals surface area (Å²) in [6.45, 7) is 5.40. The van der Waals surface area contributed by atoms with Gasteiger partial charge in [0.15, 0.2) is 5.82 Å². The Morgan fingerprint density at radius 1 is 1.30 bits per heavy atom. The number of amides is 1. The average Bonchev–Trinajstić information content (AvgIpc) is 2.94. The van der Waals surface area contributed by atoms with Crippen molar-refractivity contribution in [2.45, 2.75) is 26.4 Å². The first-order valence-corrected chi connectivity index (χ1v) is 8.24. The van der Waals surface area contributed by atoms with Crippen molar-refractivity contribution >= 4 is 35.4 Å². The van der Waals surface area contributed by atoms with Gasteiger partial charge in [0.25, 0.3) is 0 Å². The Morgan fingerprint density at radius 3 is 2.48 bits per heavy atom. The van der Waals surface area contributed by atoms with Crippen LogP contribution in [-0.4, -0.2) is 47.2 Å². The Bertz CT molecular complexity index is 855. The number of aromatic amines is 1. The molecule has 0 bridgehead atoms. The van der Waals surface area contributed by atoms with Gasteiger partial charge < -0.3 is 15.0 Å². The molecule has 9 heteroatoms. The van der Waals surface area contributed by atoms with Gasteiger partial charge in [0.1, 0.15) is 23.1 Å². The van der Waals surface area contributed by atoms with Crippen molar-refractivity contribution in [3.05, 3.63) is 29.8 Å². The quantitative estimate of drug-likeness (QED) is 0.547. The summed E-state index contributed by atoms with van der Waals surface area (Å²) in [5, 5.41) is 21.9. The van der Waals surface area contributed by atoms with Crippen LogP contribution in [0.3, 0.4) is 0 Å². The number of nitrogens with one attached hydrogen (secondary N) is 3. The van der Waals surface area contributed by atoms with Crippen LogP contribution in [0, 0.1) is 11.3 Å². The predicted octanol–water partition coefficient (Wildman–Crippen LogP) is 3.59. The summed E-state index contributed by atoms with van der Waals surface area (Å²) in [6.07, 6.45) is 1.05. The number of hydrogen-bond acceptors (Lipinski definition) is 6. The van der Waals surface area contributed by atoms with Crippen molar-refractivity contribution < 1.29 is 9.53 Å². The number of aromatic nitrogens is 2. The molecule has 1 aromatic carbocycles. The van der Waals surface area contributed by atoms with Gasteiger partial charge >= 0.3 is 6.09 Å². The molecule has 0 radical (unpaired) electrons.